The van der Waals surface area contributed by atoms with Gasteiger partial charge < -0.3 is 5.32 Å². The van der Waals surface area contributed by atoms with Gasteiger partial charge >= 0.3 is 0 Å². The normalized spacial score (nSPS) is 11.2. The van der Waals surface area contributed by atoms with Crippen molar-refractivity contribution in [3.63, 3.8) is 0 Å². The summed E-state index contributed by atoms with van der Waals surface area (Å²) >= 11 is 0. The lowest BCUT2D eigenvalue weighted by Gasteiger charge is -2.07. The van der Waals surface area contributed by atoms with Crippen molar-refractivity contribution < 1.29 is 4.39 Å². The molecule has 21 heavy (non-hydrogen) atoms. The van der Waals surface area contributed by atoms with Gasteiger partial charge in [0.2, 0.25) is 0 Å². The van der Waals surface area contributed by atoms with Crippen LogP contribution in [-0.4, -0.2) is 16.8 Å². The van der Waals surface area contributed by atoms with Crippen LogP contribution in [0.4, 0.5) is 4.39 Å². The highest BCUT2D eigenvalue weighted by Crippen LogP contribution is 2.20. The molecule has 108 valence electrons. The van der Waals surface area contributed by atoms with Crippen molar-refractivity contribution in [1.29, 1.82) is 0 Å². The lowest BCUT2D eigenvalue weighted by atomic mass is 10.1. The van der Waals surface area contributed by atoms with Crippen LogP contribution in [0.25, 0.3) is 10.9 Å². The molecule has 3 rings (SSSR count). The van der Waals surface area contributed by atoms with E-state index in [-0.39, 0.29) is 5.82 Å². The van der Waals surface area contributed by atoms with E-state index in [0.717, 1.165) is 34.3 Å². The Kier molecular flexibility index (Phi) is 3.71. The van der Waals surface area contributed by atoms with Gasteiger partial charge in [-0.15, -0.1) is 0 Å². The maximum atomic E-state index is 13.2. The molecule has 0 aliphatic heterocycles. The first-order valence-electron chi connectivity index (χ1n) is 7.03. The van der Waals surface area contributed by atoms with E-state index >= 15 is 0 Å². The Morgan fingerprint density at radius 2 is 2.00 bits per heavy atom. The molecule has 1 heterocycles. The van der Waals surface area contributed by atoms with Crippen LogP contribution in [0, 0.1) is 12.7 Å². The van der Waals surface area contributed by atoms with Gasteiger partial charge in [0.1, 0.15) is 5.82 Å². The number of halogens is 1. The zero-order chi connectivity index (χ0) is 14.8. The number of aryl methyl sites for hydroxylation is 1. The number of hydrogen-bond donors (Lipinski definition) is 1. The molecule has 0 radical (unpaired) electrons. The second-order valence-corrected chi connectivity index (χ2v) is 5.22. The van der Waals surface area contributed by atoms with E-state index in [1.807, 2.05) is 36.9 Å². The molecular formula is C17H18FN3. The number of nitrogens with zero attached hydrogens (tertiary/aromatic N) is 2. The van der Waals surface area contributed by atoms with Crippen LogP contribution in [0.3, 0.4) is 0 Å². The number of para-hydroxylation sites is 1. The number of nitrogens with one attached hydrogen (secondary N) is 1. The van der Waals surface area contributed by atoms with Crippen LogP contribution in [0.15, 0.2) is 42.5 Å². The predicted octanol–water partition coefficient (Wildman–Crippen LogP) is 3.25. The van der Waals surface area contributed by atoms with Gasteiger partial charge in [0.05, 0.1) is 17.8 Å². The SMILES string of the molecule is CNCc1nn(Cc2ccc(F)cc2C)c2ccccc12. The van der Waals surface area contributed by atoms with Crippen molar-refractivity contribution in [3.8, 4) is 0 Å². The van der Waals surface area contributed by atoms with Crippen LogP contribution < -0.4 is 5.32 Å². The van der Waals surface area contributed by atoms with Gasteiger partial charge in [-0.25, -0.2) is 4.39 Å². The molecule has 0 bridgehead atoms. The smallest absolute Gasteiger partial charge is 0.123 e. The quantitative estimate of drug-likeness (QED) is 0.796. The second kappa shape index (κ2) is 5.66. The van der Waals surface area contributed by atoms with Crippen molar-refractivity contribution in [2.45, 2.75) is 20.0 Å². The average molecular weight is 283 g/mol. The van der Waals surface area contributed by atoms with Crippen molar-refractivity contribution in [3.05, 3.63) is 65.1 Å². The molecule has 0 aliphatic carbocycles. The van der Waals surface area contributed by atoms with Crippen molar-refractivity contribution in [1.82, 2.24) is 15.1 Å². The Labute approximate surface area is 123 Å². The Balaban J connectivity index is 2.04. The van der Waals surface area contributed by atoms with Gasteiger partial charge in [0, 0.05) is 11.9 Å². The summed E-state index contributed by atoms with van der Waals surface area (Å²) in [5.41, 5.74) is 4.17. The standard InChI is InChI=1S/C17H18FN3/c1-12-9-14(18)8-7-13(12)11-21-17-6-4-3-5-15(17)16(20-21)10-19-2/h3-9,19H,10-11H2,1-2H3. The molecule has 0 fully saturated rings. The van der Waals surface area contributed by atoms with Crippen molar-refractivity contribution >= 4 is 10.9 Å². The third-order valence-corrected chi connectivity index (χ3v) is 3.70. The molecule has 0 unspecified atom stereocenters. The molecule has 1 aromatic heterocycles. The number of fused-ring (bicyclic) bond motifs is 1. The Morgan fingerprint density at radius 3 is 2.76 bits per heavy atom. The maximum Gasteiger partial charge on any atom is 0.123 e. The Bertz CT molecular complexity index is 777. The highest BCUT2D eigenvalue weighted by Gasteiger charge is 2.10. The average Bonchev–Trinajstić information content (AvgIpc) is 2.81. The van der Waals surface area contributed by atoms with Crippen LogP contribution in [0.2, 0.25) is 0 Å². The Hall–Kier alpha value is -2.20. The van der Waals surface area contributed by atoms with Crippen LogP contribution in [0.5, 0.6) is 0 Å². The number of rotatable bonds is 4. The fourth-order valence-electron chi connectivity index (χ4n) is 2.61. The van der Waals surface area contributed by atoms with Crippen LogP contribution in [-0.2, 0) is 13.1 Å². The number of hydrogen-bond acceptors (Lipinski definition) is 2. The molecule has 0 saturated carbocycles. The van der Waals surface area contributed by atoms with Gasteiger partial charge in [0.25, 0.3) is 0 Å². The summed E-state index contributed by atoms with van der Waals surface area (Å²) in [6.07, 6.45) is 0. The largest absolute Gasteiger partial charge is 0.314 e. The van der Waals surface area contributed by atoms with E-state index in [0.29, 0.717) is 6.54 Å². The molecule has 0 aliphatic rings. The Morgan fingerprint density at radius 1 is 1.19 bits per heavy atom. The van der Waals surface area contributed by atoms with Crippen molar-refractivity contribution in [2.75, 3.05) is 7.05 Å². The predicted molar refractivity (Wildman–Crippen MR) is 82.7 cm³/mol. The monoisotopic (exact) mass is 283 g/mol. The third-order valence-electron chi connectivity index (χ3n) is 3.70. The summed E-state index contributed by atoms with van der Waals surface area (Å²) in [7, 11) is 1.91. The van der Waals surface area contributed by atoms with E-state index < -0.39 is 0 Å². The van der Waals surface area contributed by atoms with E-state index in [9.17, 15) is 4.39 Å². The van der Waals surface area contributed by atoms with Crippen LogP contribution >= 0.6 is 0 Å². The highest BCUT2D eigenvalue weighted by molar-refractivity contribution is 5.82. The fraction of sp³-hybridized carbons (Fsp3) is 0.235. The van der Waals surface area contributed by atoms with E-state index in [4.69, 9.17) is 5.10 Å². The molecular weight excluding hydrogens is 265 g/mol. The van der Waals surface area contributed by atoms with Crippen LogP contribution in [0.1, 0.15) is 16.8 Å². The van der Waals surface area contributed by atoms with Gasteiger partial charge in [-0.2, -0.15) is 5.10 Å². The zero-order valence-corrected chi connectivity index (χ0v) is 12.2. The molecule has 4 heteroatoms. The maximum absolute atomic E-state index is 13.2. The summed E-state index contributed by atoms with van der Waals surface area (Å²) in [6.45, 7) is 3.31. The molecule has 1 N–H and O–H groups in total. The minimum atomic E-state index is -0.197. The summed E-state index contributed by atoms with van der Waals surface area (Å²) in [5.74, 6) is -0.197. The molecule has 0 atom stereocenters. The molecule has 0 spiro atoms. The number of benzene rings is 2. The van der Waals surface area contributed by atoms with Gasteiger partial charge in [-0.1, -0.05) is 24.3 Å². The molecule has 3 nitrogen and oxygen atoms in total. The second-order valence-electron chi connectivity index (χ2n) is 5.22. The minimum absolute atomic E-state index is 0.197. The molecule has 2 aromatic carbocycles. The fourth-order valence-corrected chi connectivity index (χ4v) is 2.61. The summed E-state index contributed by atoms with van der Waals surface area (Å²) in [6, 6.07) is 13.1. The topological polar surface area (TPSA) is 29.9 Å². The lowest BCUT2D eigenvalue weighted by Crippen LogP contribution is -2.08. The molecule has 0 saturated heterocycles. The van der Waals surface area contributed by atoms with E-state index in [2.05, 4.69) is 17.4 Å². The van der Waals surface area contributed by atoms with E-state index in [1.165, 1.54) is 6.07 Å². The summed E-state index contributed by atoms with van der Waals surface area (Å²) in [5, 5.41) is 9.00. The molecule has 3 aromatic rings. The van der Waals surface area contributed by atoms with Gasteiger partial charge in [-0.3, -0.25) is 4.68 Å². The lowest BCUT2D eigenvalue weighted by molar-refractivity contribution is 0.622. The van der Waals surface area contributed by atoms with Gasteiger partial charge in [-0.05, 0) is 43.3 Å². The van der Waals surface area contributed by atoms with E-state index in [1.54, 1.807) is 6.07 Å². The first-order chi connectivity index (χ1) is 10.2. The first kappa shape index (κ1) is 13.8. The summed E-state index contributed by atoms with van der Waals surface area (Å²) in [4.78, 5) is 0. The number of aromatic nitrogens is 2. The third kappa shape index (κ3) is 2.67. The summed E-state index contributed by atoms with van der Waals surface area (Å²) < 4.78 is 15.2. The van der Waals surface area contributed by atoms with Gasteiger partial charge in [0.15, 0.2) is 0 Å². The minimum Gasteiger partial charge on any atom is -0.314 e. The molecule has 0 amide bonds. The first-order valence-corrected chi connectivity index (χ1v) is 7.03. The van der Waals surface area contributed by atoms with Crippen molar-refractivity contribution in [2.24, 2.45) is 0 Å². The highest BCUT2D eigenvalue weighted by atomic mass is 19.1. The zero-order valence-electron chi connectivity index (χ0n) is 12.2.